The fourth-order valence-corrected chi connectivity index (χ4v) is 2.61. The Morgan fingerprint density at radius 1 is 1.17 bits per heavy atom. The van der Waals surface area contributed by atoms with Crippen molar-refractivity contribution in [3.05, 3.63) is 0 Å². The van der Waals surface area contributed by atoms with E-state index in [0.717, 1.165) is 0 Å². The lowest BCUT2D eigenvalue weighted by Crippen LogP contribution is -2.45. The minimum absolute atomic E-state index is 0.0647. The molecule has 0 unspecified atom stereocenters. The number of rotatable bonds is 8. The van der Waals surface area contributed by atoms with Gasteiger partial charge in [-0.25, -0.2) is 0 Å². The first-order valence-electron chi connectivity index (χ1n) is 8.03. The van der Waals surface area contributed by atoms with Crippen LogP contribution in [-0.4, -0.2) is 61.0 Å². The van der Waals surface area contributed by atoms with E-state index >= 15 is 0 Å². The quantitative estimate of drug-likeness (QED) is 0.617. The zero-order valence-corrected chi connectivity index (χ0v) is 13.7. The number of ether oxygens (including phenoxy) is 1. The summed E-state index contributed by atoms with van der Waals surface area (Å²) in [6.07, 6.45) is 1.93. The van der Waals surface area contributed by atoms with E-state index in [9.17, 15) is 9.59 Å². The van der Waals surface area contributed by atoms with Crippen LogP contribution in [0.2, 0.25) is 0 Å². The molecule has 0 aliphatic carbocycles. The number of hydrogen-bond acceptors (Lipinski definition) is 6. The Morgan fingerprint density at radius 2 is 1.74 bits per heavy atom. The van der Waals surface area contributed by atoms with Gasteiger partial charge in [0.05, 0.1) is 44.0 Å². The Kier molecular flexibility index (Phi) is 8.71. The molecule has 0 aromatic rings. The van der Waals surface area contributed by atoms with E-state index in [-0.39, 0.29) is 37.2 Å². The Hall–Kier alpha value is -2.12. The van der Waals surface area contributed by atoms with Gasteiger partial charge in [-0.15, -0.1) is 0 Å². The lowest BCUT2D eigenvalue weighted by Gasteiger charge is -2.32. The summed E-state index contributed by atoms with van der Waals surface area (Å²) in [6, 6.07) is 4.04. The van der Waals surface area contributed by atoms with Crippen molar-refractivity contribution >= 4 is 11.9 Å². The number of esters is 1. The van der Waals surface area contributed by atoms with Crippen LogP contribution >= 0.6 is 0 Å². The number of likely N-dealkylation sites (tertiary alicyclic amines) is 1. The van der Waals surface area contributed by atoms with Gasteiger partial charge in [-0.3, -0.25) is 14.5 Å². The van der Waals surface area contributed by atoms with Crippen LogP contribution < -0.4 is 0 Å². The Balaban J connectivity index is 2.43. The third kappa shape index (κ3) is 6.66. The Labute approximate surface area is 137 Å². The van der Waals surface area contributed by atoms with Crippen molar-refractivity contribution in [1.82, 2.24) is 9.80 Å². The molecule has 0 radical (unpaired) electrons. The van der Waals surface area contributed by atoms with Gasteiger partial charge >= 0.3 is 5.97 Å². The number of carbonyl (C=O) groups is 2. The minimum atomic E-state index is -0.150. The van der Waals surface area contributed by atoms with Crippen LogP contribution in [0.3, 0.4) is 0 Å². The van der Waals surface area contributed by atoms with Crippen molar-refractivity contribution in [2.75, 3.05) is 39.3 Å². The van der Waals surface area contributed by atoms with E-state index in [1.54, 1.807) is 11.8 Å². The molecule has 0 aromatic carbocycles. The maximum atomic E-state index is 12.3. The normalized spacial score (nSPS) is 15.4. The Bertz CT molecular complexity index is 455. The molecule has 1 aliphatic rings. The van der Waals surface area contributed by atoms with E-state index < -0.39 is 0 Å². The molecule has 23 heavy (non-hydrogen) atoms. The van der Waals surface area contributed by atoms with Crippen LogP contribution in [-0.2, 0) is 14.3 Å². The average molecular weight is 320 g/mol. The maximum Gasteiger partial charge on any atom is 0.309 e. The molecular formula is C16H24N4O3. The molecule has 1 amide bonds. The highest BCUT2D eigenvalue weighted by molar-refractivity contribution is 5.78. The van der Waals surface area contributed by atoms with Crippen molar-refractivity contribution < 1.29 is 14.3 Å². The van der Waals surface area contributed by atoms with Gasteiger partial charge in [-0.2, -0.15) is 10.5 Å². The molecule has 1 aliphatic heterocycles. The predicted molar refractivity (Wildman–Crippen MR) is 82.8 cm³/mol. The molecule has 1 heterocycles. The van der Waals surface area contributed by atoms with Crippen LogP contribution in [0.1, 0.15) is 32.6 Å². The first-order valence-corrected chi connectivity index (χ1v) is 8.03. The fourth-order valence-electron chi connectivity index (χ4n) is 2.61. The number of carbonyl (C=O) groups excluding carboxylic acids is 2. The summed E-state index contributed by atoms with van der Waals surface area (Å²) in [7, 11) is 0. The zero-order chi connectivity index (χ0) is 17.1. The number of hydrogen-bond donors (Lipinski definition) is 0. The molecule has 7 heteroatoms. The van der Waals surface area contributed by atoms with Gasteiger partial charge in [-0.1, -0.05) is 0 Å². The second-order valence-electron chi connectivity index (χ2n) is 5.50. The molecule has 0 bridgehead atoms. The average Bonchev–Trinajstić information content (AvgIpc) is 2.55. The topological polar surface area (TPSA) is 97.4 Å². The summed E-state index contributed by atoms with van der Waals surface area (Å²) in [5.41, 5.74) is 0. The monoisotopic (exact) mass is 320 g/mol. The fraction of sp³-hybridized carbons (Fsp3) is 0.750. The molecule has 1 rings (SSSR count). The second-order valence-corrected chi connectivity index (χ2v) is 5.50. The highest BCUT2D eigenvalue weighted by atomic mass is 16.5. The number of nitriles is 2. The predicted octanol–water partition coefficient (Wildman–Crippen LogP) is 0.917. The summed E-state index contributed by atoms with van der Waals surface area (Å²) in [5, 5.41) is 17.3. The highest BCUT2D eigenvalue weighted by Crippen LogP contribution is 2.18. The molecule has 0 N–H and O–H groups in total. The molecule has 0 aromatic heterocycles. The number of nitrogens with zero attached hydrogens (tertiary/aromatic N) is 4. The SMILES string of the molecule is CCOC(=O)C1CCN(CC(=O)N(CCC#N)CCC#N)CC1. The van der Waals surface area contributed by atoms with Gasteiger partial charge in [0.2, 0.25) is 5.91 Å². The standard InChI is InChI=1S/C16H24N4O3/c1-2-23-16(22)14-5-11-19(12-6-14)13-15(21)20(9-3-7-17)10-4-8-18/h14H,2-6,9-13H2,1H3. The summed E-state index contributed by atoms with van der Waals surface area (Å²) in [6.45, 7) is 4.53. The van der Waals surface area contributed by atoms with Gasteiger partial charge in [0, 0.05) is 13.1 Å². The van der Waals surface area contributed by atoms with Gasteiger partial charge in [0.15, 0.2) is 0 Å². The van der Waals surface area contributed by atoms with Crippen LogP contribution in [0.5, 0.6) is 0 Å². The molecule has 126 valence electrons. The minimum Gasteiger partial charge on any atom is -0.466 e. The third-order valence-corrected chi connectivity index (χ3v) is 3.91. The number of amides is 1. The van der Waals surface area contributed by atoms with Crippen molar-refractivity contribution in [2.45, 2.75) is 32.6 Å². The van der Waals surface area contributed by atoms with E-state index in [4.69, 9.17) is 15.3 Å². The van der Waals surface area contributed by atoms with Crippen LogP contribution in [0, 0.1) is 28.6 Å². The van der Waals surface area contributed by atoms with Crippen molar-refractivity contribution in [2.24, 2.45) is 5.92 Å². The summed E-state index contributed by atoms with van der Waals surface area (Å²) in [4.78, 5) is 27.6. The lowest BCUT2D eigenvalue weighted by molar-refractivity contribution is -0.149. The zero-order valence-electron chi connectivity index (χ0n) is 13.7. The van der Waals surface area contributed by atoms with E-state index in [1.165, 1.54) is 0 Å². The molecule has 1 fully saturated rings. The van der Waals surface area contributed by atoms with Gasteiger partial charge in [-0.05, 0) is 32.9 Å². The van der Waals surface area contributed by atoms with Crippen LogP contribution in [0.25, 0.3) is 0 Å². The molecule has 1 saturated heterocycles. The Morgan fingerprint density at radius 3 is 2.22 bits per heavy atom. The summed E-state index contributed by atoms with van der Waals surface area (Å²) < 4.78 is 5.03. The van der Waals surface area contributed by atoms with E-state index in [2.05, 4.69) is 0 Å². The van der Waals surface area contributed by atoms with Gasteiger partial charge < -0.3 is 9.64 Å². The molecule has 0 atom stereocenters. The van der Waals surface area contributed by atoms with Gasteiger partial charge in [0.1, 0.15) is 0 Å². The van der Waals surface area contributed by atoms with Crippen molar-refractivity contribution in [1.29, 1.82) is 10.5 Å². The van der Waals surface area contributed by atoms with Crippen molar-refractivity contribution in [3.8, 4) is 12.1 Å². The van der Waals surface area contributed by atoms with Crippen LogP contribution in [0.15, 0.2) is 0 Å². The maximum absolute atomic E-state index is 12.3. The molecular weight excluding hydrogens is 296 g/mol. The van der Waals surface area contributed by atoms with E-state index in [1.807, 2.05) is 17.0 Å². The number of piperidine rings is 1. The van der Waals surface area contributed by atoms with Gasteiger partial charge in [0.25, 0.3) is 0 Å². The first-order chi connectivity index (χ1) is 11.1. The molecule has 7 nitrogen and oxygen atoms in total. The summed E-state index contributed by atoms with van der Waals surface area (Å²) in [5.74, 6) is -0.289. The van der Waals surface area contributed by atoms with Crippen molar-refractivity contribution in [3.63, 3.8) is 0 Å². The van der Waals surface area contributed by atoms with Crippen LogP contribution in [0.4, 0.5) is 0 Å². The molecule has 0 saturated carbocycles. The smallest absolute Gasteiger partial charge is 0.309 e. The van der Waals surface area contributed by atoms with E-state index in [0.29, 0.717) is 45.6 Å². The second kappa shape index (κ2) is 10.6. The largest absolute Gasteiger partial charge is 0.466 e. The lowest BCUT2D eigenvalue weighted by atomic mass is 9.97. The third-order valence-electron chi connectivity index (χ3n) is 3.91. The first kappa shape index (κ1) is 18.9. The molecule has 0 spiro atoms. The highest BCUT2D eigenvalue weighted by Gasteiger charge is 2.27. The summed E-state index contributed by atoms with van der Waals surface area (Å²) >= 11 is 0.